The van der Waals surface area contributed by atoms with E-state index >= 15 is 0 Å². The molecule has 1 aromatic rings. The van der Waals surface area contributed by atoms with E-state index in [0.29, 0.717) is 19.4 Å². The third kappa shape index (κ3) is 5.29. The molecule has 4 amide bonds. The van der Waals surface area contributed by atoms with Crippen LogP contribution < -0.4 is 5.32 Å². The molecular weight excluding hydrogens is 394 g/mol. The van der Waals surface area contributed by atoms with Crippen molar-refractivity contribution in [3.8, 4) is 0 Å². The minimum atomic E-state index is -0.973. The van der Waals surface area contributed by atoms with Crippen LogP contribution in [0.15, 0.2) is 29.2 Å². The number of urea groups is 1. The van der Waals surface area contributed by atoms with Crippen LogP contribution in [-0.2, 0) is 25.7 Å². The van der Waals surface area contributed by atoms with E-state index in [2.05, 4.69) is 5.32 Å². The summed E-state index contributed by atoms with van der Waals surface area (Å²) in [6.07, 6.45) is 2.85. The van der Waals surface area contributed by atoms with E-state index in [1.54, 1.807) is 32.7 Å². The van der Waals surface area contributed by atoms with Crippen LogP contribution in [0.5, 0.6) is 0 Å². The minimum absolute atomic E-state index is 0.374. The molecule has 9 heteroatoms. The van der Waals surface area contributed by atoms with E-state index in [4.69, 9.17) is 4.74 Å². The van der Waals surface area contributed by atoms with Crippen LogP contribution in [0.1, 0.15) is 32.3 Å². The summed E-state index contributed by atoms with van der Waals surface area (Å²) in [5, 5.41) is 2.64. The van der Waals surface area contributed by atoms with Crippen LogP contribution in [0.25, 0.3) is 0 Å². The van der Waals surface area contributed by atoms with Gasteiger partial charge in [0.25, 0.3) is 11.8 Å². The molecule has 1 heterocycles. The summed E-state index contributed by atoms with van der Waals surface area (Å²) in [6, 6.07) is 7.21. The highest BCUT2D eigenvalue weighted by Crippen LogP contribution is 2.24. The Balaban J connectivity index is 1.84. The standard InChI is InChI=1S/C20H27N3O5S/c1-5-20(6-2)18(26)23(19(27)21-20)12-17(25)28-13-16(24)22(3)11-14-7-9-15(29-4)10-8-14/h7-10H,5-6,11-13H2,1-4H3,(H,21,27). The quantitative estimate of drug-likeness (QED) is 0.372. The van der Waals surface area contributed by atoms with Crippen molar-refractivity contribution in [1.82, 2.24) is 15.1 Å². The maximum absolute atomic E-state index is 12.5. The van der Waals surface area contributed by atoms with Gasteiger partial charge in [-0.25, -0.2) is 4.79 Å². The molecule has 1 fully saturated rings. The summed E-state index contributed by atoms with van der Waals surface area (Å²) in [4.78, 5) is 52.3. The van der Waals surface area contributed by atoms with Crippen LogP contribution in [0.2, 0.25) is 0 Å². The van der Waals surface area contributed by atoms with Gasteiger partial charge in [-0.15, -0.1) is 11.8 Å². The number of imide groups is 1. The third-order valence-electron chi connectivity index (χ3n) is 5.10. The molecule has 2 rings (SSSR count). The van der Waals surface area contributed by atoms with Gasteiger partial charge in [-0.1, -0.05) is 26.0 Å². The van der Waals surface area contributed by atoms with Gasteiger partial charge in [0.2, 0.25) is 0 Å². The average Bonchev–Trinajstić information content (AvgIpc) is 2.97. The van der Waals surface area contributed by atoms with Gasteiger partial charge in [-0.05, 0) is 36.8 Å². The molecule has 0 aliphatic carbocycles. The average molecular weight is 422 g/mol. The topological polar surface area (TPSA) is 96.0 Å². The number of ether oxygens (including phenoxy) is 1. The van der Waals surface area contributed by atoms with Gasteiger partial charge in [0.15, 0.2) is 6.61 Å². The van der Waals surface area contributed by atoms with Crippen molar-refractivity contribution in [2.75, 3.05) is 26.5 Å². The van der Waals surface area contributed by atoms with Gasteiger partial charge in [-0.3, -0.25) is 19.3 Å². The van der Waals surface area contributed by atoms with Gasteiger partial charge in [-0.2, -0.15) is 0 Å². The summed E-state index contributed by atoms with van der Waals surface area (Å²) < 4.78 is 4.99. The predicted octanol–water partition coefficient (Wildman–Crippen LogP) is 2.02. The van der Waals surface area contributed by atoms with E-state index in [1.165, 1.54) is 4.90 Å². The Hall–Kier alpha value is -2.55. The number of rotatable bonds is 9. The van der Waals surface area contributed by atoms with Crippen LogP contribution >= 0.6 is 11.8 Å². The fraction of sp³-hybridized carbons (Fsp3) is 0.500. The highest BCUT2D eigenvalue weighted by molar-refractivity contribution is 7.98. The first-order valence-electron chi connectivity index (χ1n) is 9.43. The highest BCUT2D eigenvalue weighted by Gasteiger charge is 2.49. The molecule has 0 unspecified atom stereocenters. The summed E-state index contributed by atoms with van der Waals surface area (Å²) in [5.74, 6) is -1.62. The number of hydrogen-bond donors (Lipinski definition) is 1. The fourth-order valence-corrected chi connectivity index (χ4v) is 3.48. The maximum Gasteiger partial charge on any atom is 0.326 e. The van der Waals surface area contributed by atoms with Crippen LogP contribution in [0.4, 0.5) is 4.79 Å². The van der Waals surface area contributed by atoms with E-state index in [9.17, 15) is 19.2 Å². The van der Waals surface area contributed by atoms with Crippen molar-refractivity contribution in [2.24, 2.45) is 0 Å². The SMILES string of the molecule is CCC1(CC)NC(=O)N(CC(=O)OCC(=O)N(C)Cc2ccc(SC)cc2)C1=O. The number of likely N-dealkylation sites (N-methyl/N-ethyl adjacent to an activating group) is 1. The van der Waals surface area contributed by atoms with Gasteiger partial charge >= 0.3 is 12.0 Å². The Morgan fingerprint density at radius 1 is 1.17 bits per heavy atom. The molecular formula is C20H27N3O5S. The molecule has 29 heavy (non-hydrogen) atoms. The van der Waals surface area contributed by atoms with Crippen molar-refractivity contribution < 1.29 is 23.9 Å². The van der Waals surface area contributed by atoms with Crippen molar-refractivity contribution >= 4 is 35.6 Å². The molecule has 1 N–H and O–H groups in total. The Bertz CT molecular complexity index is 777. The summed E-state index contributed by atoms with van der Waals surface area (Å²) in [6.45, 7) is 3.01. The number of nitrogens with zero attached hydrogens (tertiary/aromatic N) is 2. The summed E-state index contributed by atoms with van der Waals surface area (Å²) in [5.41, 5.74) is -0.0149. The maximum atomic E-state index is 12.5. The second kappa shape index (κ2) is 9.78. The first-order chi connectivity index (χ1) is 13.8. The van der Waals surface area contributed by atoms with Crippen LogP contribution in [0, 0.1) is 0 Å². The zero-order valence-electron chi connectivity index (χ0n) is 17.2. The van der Waals surface area contributed by atoms with Crippen molar-refractivity contribution in [3.05, 3.63) is 29.8 Å². The second-order valence-electron chi connectivity index (χ2n) is 6.87. The van der Waals surface area contributed by atoms with Crippen molar-refractivity contribution in [2.45, 2.75) is 43.7 Å². The smallest absolute Gasteiger partial charge is 0.326 e. The molecule has 1 saturated heterocycles. The molecule has 0 aromatic heterocycles. The number of amides is 4. The molecule has 8 nitrogen and oxygen atoms in total. The number of carbonyl (C=O) groups is 4. The number of benzene rings is 1. The molecule has 158 valence electrons. The summed E-state index contributed by atoms with van der Waals surface area (Å²) in [7, 11) is 1.62. The van der Waals surface area contributed by atoms with Gasteiger partial charge < -0.3 is 15.0 Å². The molecule has 1 aliphatic rings. The second-order valence-corrected chi connectivity index (χ2v) is 7.75. The molecule has 0 atom stereocenters. The van der Waals surface area contributed by atoms with E-state index in [1.807, 2.05) is 30.5 Å². The van der Waals surface area contributed by atoms with Gasteiger partial charge in [0, 0.05) is 18.5 Å². The fourth-order valence-electron chi connectivity index (χ4n) is 3.07. The van der Waals surface area contributed by atoms with Gasteiger partial charge in [0.05, 0.1) is 0 Å². The number of thioether (sulfide) groups is 1. The molecule has 0 radical (unpaired) electrons. The highest BCUT2D eigenvalue weighted by atomic mass is 32.2. The van der Waals surface area contributed by atoms with Gasteiger partial charge in [0.1, 0.15) is 12.1 Å². The van der Waals surface area contributed by atoms with Crippen molar-refractivity contribution in [3.63, 3.8) is 0 Å². The van der Waals surface area contributed by atoms with Crippen molar-refractivity contribution in [1.29, 1.82) is 0 Å². The molecule has 0 saturated carbocycles. The molecule has 0 bridgehead atoms. The number of carbonyl (C=O) groups excluding carboxylic acids is 4. The predicted molar refractivity (Wildman–Crippen MR) is 109 cm³/mol. The first-order valence-corrected chi connectivity index (χ1v) is 10.7. The monoisotopic (exact) mass is 421 g/mol. The lowest BCUT2D eigenvalue weighted by atomic mass is 9.93. The number of hydrogen-bond acceptors (Lipinski definition) is 6. The Kier molecular flexibility index (Phi) is 7.66. The lowest BCUT2D eigenvalue weighted by molar-refractivity contribution is -0.153. The largest absolute Gasteiger partial charge is 0.454 e. The normalized spacial score (nSPS) is 15.2. The Morgan fingerprint density at radius 3 is 2.31 bits per heavy atom. The van der Waals surface area contributed by atoms with E-state index < -0.39 is 36.6 Å². The first kappa shape index (κ1) is 22.7. The van der Waals surface area contributed by atoms with E-state index in [-0.39, 0.29) is 5.91 Å². The Labute approximate surface area is 174 Å². The third-order valence-corrected chi connectivity index (χ3v) is 5.84. The van der Waals surface area contributed by atoms with Crippen LogP contribution in [0.3, 0.4) is 0 Å². The zero-order chi connectivity index (χ0) is 21.6. The van der Waals surface area contributed by atoms with E-state index in [0.717, 1.165) is 15.4 Å². The molecule has 1 aliphatic heterocycles. The Morgan fingerprint density at radius 2 is 1.79 bits per heavy atom. The lowest BCUT2D eigenvalue weighted by Crippen LogP contribution is -2.46. The zero-order valence-corrected chi connectivity index (χ0v) is 18.0. The van der Waals surface area contributed by atoms with Crippen LogP contribution in [-0.4, -0.2) is 65.6 Å². The molecule has 0 spiro atoms. The minimum Gasteiger partial charge on any atom is -0.454 e. The number of esters is 1. The molecule has 1 aromatic carbocycles. The lowest BCUT2D eigenvalue weighted by Gasteiger charge is -2.23. The summed E-state index contributed by atoms with van der Waals surface area (Å²) >= 11 is 1.64. The number of nitrogens with one attached hydrogen (secondary N) is 1.